The quantitative estimate of drug-likeness (QED) is 0.580. The Labute approximate surface area is 78.1 Å². The first kappa shape index (κ1) is 10.4. The molecule has 0 aromatic heterocycles. The van der Waals surface area contributed by atoms with E-state index in [0.29, 0.717) is 6.16 Å². The normalized spacial score (nSPS) is 12.5. The molecule has 0 heterocycles. The summed E-state index contributed by atoms with van der Waals surface area (Å²) in [6.07, 6.45) is 0.408. The minimum atomic E-state index is -2.02. The van der Waals surface area contributed by atoms with Gasteiger partial charge in [-0.3, -0.25) is 0 Å². The first-order valence-electron chi connectivity index (χ1n) is 3.84. The van der Waals surface area contributed by atoms with Gasteiger partial charge in [0.2, 0.25) is 0 Å². The Kier molecular flexibility index (Phi) is 4.12. The van der Waals surface area contributed by atoms with Crippen LogP contribution in [0.2, 0.25) is 0 Å². The SMILES string of the molecule is COc1cccc(C[PH+]([O])O[NH3+])c1. The topological polar surface area (TPSA) is 66.0 Å². The number of ether oxygens (including phenoxy) is 1. The Balaban J connectivity index is 2.66. The summed E-state index contributed by atoms with van der Waals surface area (Å²) in [7, 11) is -0.425. The molecular weight excluding hydrogens is 189 g/mol. The van der Waals surface area contributed by atoms with Gasteiger partial charge in [0, 0.05) is 0 Å². The number of quaternary nitrogens is 1. The smallest absolute Gasteiger partial charge is 0.379 e. The van der Waals surface area contributed by atoms with Gasteiger partial charge in [0.1, 0.15) is 11.9 Å². The van der Waals surface area contributed by atoms with Crippen molar-refractivity contribution >= 4 is 8.38 Å². The maximum atomic E-state index is 11.0. The molecule has 0 amide bonds. The summed E-state index contributed by atoms with van der Waals surface area (Å²) in [5.74, 6) is 3.89. The van der Waals surface area contributed by atoms with E-state index in [1.54, 1.807) is 7.11 Å². The molecule has 1 aromatic rings. The van der Waals surface area contributed by atoms with Crippen molar-refractivity contribution in [2.75, 3.05) is 7.11 Å². The second-order valence-electron chi connectivity index (χ2n) is 2.54. The zero-order chi connectivity index (χ0) is 9.68. The lowest BCUT2D eigenvalue weighted by Gasteiger charge is -2.00. The number of benzene rings is 1. The molecule has 0 aliphatic rings. The third-order valence-electron chi connectivity index (χ3n) is 1.64. The molecule has 0 aliphatic carbocycles. The van der Waals surface area contributed by atoms with E-state index in [-0.39, 0.29) is 0 Å². The maximum absolute atomic E-state index is 11.0. The van der Waals surface area contributed by atoms with E-state index >= 15 is 0 Å². The molecule has 4 nitrogen and oxygen atoms in total. The van der Waals surface area contributed by atoms with Gasteiger partial charge in [0.05, 0.1) is 7.11 Å². The zero-order valence-corrected chi connectivity index (χ0v) is 8.45. The zero-order valence-electron chi connectivity index (χ0n) is 7.45. The molecule has 1 atom stereocenters. The van der Waals surface area contributed by atoms with Crippen molar-refractivity contribution in [3.8, 4) is 5.75 Å². The van der Waals surface area contributed by atoms with Gasteiger partial charge < -0.3 is 4.74 Å². The Morgan fingerprint density at radius 1 is 1.54 bits per heavy atom. The van der Waals surface area contributed by atoms with Crippen molar-refractivity contribution in [2.24, 2.45) is 0 Å². The van der Waals surface area contributed by atoms with Crippen LogP contribution in [0.3, 0.4) is 0 Å². The van der Waals surface area contributed by atoms with Crippen molar-refractivity contribution < 1.29 is 20.2 Å². The summed E-state index contributed by atoms with van der Waals surface area (Å²) >= 11 is 0. The van der Waals surface area contributed by atoms with Crippen LogP contribution in [0.15, 0.2) is 24.3 Å². The lowest BCUT2D eigenvalue weighted by molar-refractivity contribution is -0.638. The van der Waals surface area contributed by atoms with Gasteiger partial charge in [0.25, 0.3) is 0 Å². The van der Waals surface area contributed by atoms with Gasteiger partial charge in [-0.1, -0.05) is 12.1 Å². The first-order valence-corrected chi connectivity index (χ1v) is 5.36. The van der Waals surface area contributed by atoms with E-state index in [4.69, 9.17) is 4.74 Å². The lowest BCUT2D eigenvalue weighted by Crippen LogP contribution is -2.46. The van der Waals surface area contributed by atoms with E-state index in [1.165, 1.54) is 0 Å². The minimum Gasteiger partial charge on any atom is -0.497 e. The van der Waals surface area contributed by atoms with Crippen LogP contribution >= 0.6 is 8.38 Å². The van der Waals surface area contributed by atoms with E-state index in [9.17, 15) is 4.89 Å². The van der Waals surface area contributed by atoms with Crippen LogP contribution in [0.5, 0.6) is 5.75 Å². The van der Waals surface area contributed by atoms with Gasteiger partial charge in [-0.05, 0) is 27.2 Å². The highest BCUT2D eigenvalue weighted by Crippen LogP contribution is 2.34. The summed E-state index contributed by atoms with van der Waals surface area (Å²) in [6.45, 7) is 0. The molecule has 0 spiro atoms. The highest BCUT2D eigenvalue weighted by molar-refractivity contribution is 7.44. The van der Waals surface area contributed by atoms with Crippen LogP contribution < -0.4 is 10.6 Å². The summed E-state index contributed by atoms with van der Waals surface area (Å²) in [5, 5.41) is 0. The molecule has 1 radical (unpaired) electrons. The van der Waals surface area contributed by atoms with Crippen molar-refractivity contribution in [3.63, 3.8) is 0 Å². The largest absolute Gasteiger partial charge is 0.497 e. The Morgan fingerprint density at radius 3 is 2.92 bits per heavy atom. The van der Waals surface area contributed by atoms with Crippen LogP contribution in [0, 0.1) is 0 Å². The standard InChI is InChI=1S/C8H13NO3P/c1-11-8-4-2-3-7(5-8)6-13(10)12-9/h2-5,13H,6H2,1,9H3/q+2. The molecule has 13 heavy (non-hydrogen) atoms. The third kappa shape index (κ3) is 3.28. The van der Waals surface area contributed by atoms with Gasteiger partial charge in [0.15, 0.2) is 0 Å². The fourth-order valence-corrected chi connectivity index (χ4v) is 1.66. The predicted molar refractivity (Wildman–Crippen MR) is 49.7 cm³/mol. The summed E-state index contributed by atoms with van der Waals surface area (Å²) < 4.78 is 9.51. The van der Waals surface area contributed by atoms with Gasteiger partial charge in [-0.2, -0.15) is 5.90 Å². The van der Waals surface area contributed by atoms with Crippen molar-refractivity contribution in [1.82, 2.24) is 0 Å². The fraction of sp³-hybridized carbons (Fsp3) is 0.250. The Morgan fingerprint density at radius 2 is 2.31 bits per heavy atom. The summed E-state index contributed by atoms with van der Waals surface area (Å²) in [6, 6.07) is 7.41. The molecule has 71 valence electrons. The Bertz CT molecular complexity index is 269. The second-order valence-corrected chi connectivity index (χ2v) is 3.93. The minimum absolute atomic E-state index is 0.408. The van der Waals surface area contributed by atoms with Crippen molar-refractivity contribution in [1.29, 1.82) is 0 Å². The van der Waals surface area contributed by atoms with Crippen LogP contribution in [-0.2, 0) is 15.7 Å². The highest BCUT2D eigenvalue weighted by atomic mass is 31.2. The molecule has 0 saturated heterocycles. The third-order valence-corrected chi connectivity index (χ3v) is 2.66. The molecule has 1 aromatic carbocycles. The predicted octanol–water partition coefficient (Wildman–Crippen LogP) is 0.843. The lowest BCUT2D eigenvalue weighted by atomic mass is 10.2. The van der Waals surface area contributed by atoms with E-state index in [0.717, 1.165) is 11.3 Å². The number of methoxy groups -OCH3 is 1. The fourth-order valence-electron chi connectivity index (χ4n) is 1.00. The van der Waals surface area contributed by atoms with E-state index in [1.807, 2.05) is 24.3 Å². The van der Waals surface area contributed by atoms with E-state index in [2.05, 4.69) is 10.5 Å². The number of rotatable bonds is 4. The Hall–Kier alpha value is -0.670. The summed E-state index contributed by atoms with van der Waals surface area (Å²) in [4.78, 5) is 11.0. The second kappa shape index (κ2) is 5.14. The summed E-state index contributed by atoms with van der Waals surface area (Å²) in [5.41, 5.74) is 0.937. The maximum Gasteiger partial charge on any atom is 0.379 e. The number of hydrogen-bond donors (Lipinski definition) is 1. The molecule has 0 bridgehead atoms. The highest BCUT2D eigenvalue weighted by Gasteiger charge is 2.18. The molecule has 1 rings (SSSR count). The monoisotopic (exact) mass is 202 g/mol. The van der Waals surface area contributed by atoms with Crippen molar-refractivity contribution in [3.05, 3.63) is 29.8 Å². The average Bonchev–Trinajstić information content (AvgIpc) is 2.18. The molecule has 3 N–H and O–H groups in total. The van der Waals surface area contributed by atoms with Gasteiger partial charge >= 0.3 is 8.38 Å². The number of hydrogen-bond acceptors (Lipinski definition) is 2. The molecule has 1 unspecified atom stereocenters. The van der Waals surface area contributed by atoms with Crippen LogP contribution in [-0.4, -0.2) is 7.11 Å². The van der Waals surface area contributed by atoms with Crippen LogP contribution in [0.4, 0.5) is 0 Å². The van der Waals surface area contributed by atoms with Gasteiger partial charge in [-0.15, -0.1) is 0 Å². The van der Waals surface area contributed by atoms with Crippen molar-refractivity contribution in [2.45, 2.75) is 6.16 Å². The average molecular weight is 202 g/mol. The van der Waals surface area contributed by atoms with E-state index < -0.39 is 8.38 Å². The van der Waals surface area contributed by atoms with Gasteiger partial charge in [-0.25, -0.2) is 0 Å². The van der Waals surface area contributed by atoms with Crippen LogP contribution in [0.25, 0.3) is 0 Å². The molecular formula is C8H13NO3P+2. The van der Waals surface area contributed by atoms with Crippen LogP contribution in [0.1, 0.15) is 5.56 Å². The molecule has 0 fully saturated rings. The molecule has 0 aliphatic heterocycles. The molecule has 0 saturated carbocycles. The molecule has 5 heteroatoms. The first-order chi connectivity index (χ1) is 6.26.